The van der Waals surface area contributed by atoms with Gasteiger partial charge in [-0.2, -0.15) is 5.10 Å². The summed E-state index contributed by atoms with van der Waals surface area (Å²) in [7, 11) is 0. The van der Waals surface area contributed by atoms with Crippen molar-refractivity contribution < 1.29 is 9.53 Å². The second-order valence-electron chi connectivity index (χ2n) is 5.05. The van der Waals surface area contributed by atoms with E-state index in [2.05, 4.69) is 20.5 Å². The normalized spacial score (nSPS) is 10.4. The van der Waals surface area contributed by atoms with Crippen LogP contribution in [0.25, 0.3) is 11.4 Å². The van der Waals surface area contributed by atoms with Gasteiger partial charge in [0.05, 0.1) is 0 Å². The largest absolute Gasteiger partial charge is 0.484 e. The van der Waals surface area contributed by atoms with Crippen molar-refractivity contribution in [1.82, 2.24) is 20.5 Å². The number of carbonyl (C=O) groups excluding carboxylic acids is 1. The van der Waals surface area contributed by atoms with Gasteiger partial charge in [0.15, 0.2) is 12.4 Å². The molecule has 6 nitrogen and oxygen atoms in total. The molecule has 0 aliphatic rings. The number of rotatable bonds is 6. The van der Waals surface area contributed by atoms with Gasteiger partial charge in [0, 0.05) is 17.1 Å². The molecule has 3 aromatic rings. The van der Waals surface area contributed by atoms with Crippen LogP contribution in [0.1, 0.15) is 5.56 Å². The molecule has 7 heteroatoms. The van der Waals surface area contributed by atoms with E-state index in [1.54, 1.807) is 24.3 Å². The highest BCUT2D eigenvalue weighted by Gasteiger charge is 2.05. The molecule has 0 saturated carbocycles. The molecule has 1 amide bonds. The Hall–Kier alpha value is -2.86. The third-order valence-corrected chi connectivity index (χ3v) is 3.54. The zero-order valence-corrected chi connectivity index (χ0v) is 13.5. The quantitative estimate of drug-likeness (QED) is 0.722. The van der Waals surface area contributed by atoms with Crippen LogP contribution in [-0.4, -0.2) is 27.7 Å². The summed E-state index contributed by atoms with van der Waals surface area (Å²) < 4.78 is 5.40. The fraction of sp³-hybridized carbons (Fsp3) is 0.118. The molecule has 1 heterocycles. The number of carbonyl (C=O) groups is 1. The van der Waals surface area contributed by atoms with Crippen molar-refractivity contribution in [3.8, 4) is 17.1 Å². The lowest BCUT2D eigenvalue weighted by molar-refractivity contribution is -0.123. The second kappa shape index (κ2) is 7.61. The number of nitrogens with one attached hydrogen (secondary N) is 2. The first-order valence-corrected chi connectivity index (χ1v) is 7.68. The zero-order chi connectivity index (χ0) is 16.8. The van der Waals surface area contributed by atoms with E-state index in [-0.39, 0.29) is 12.5 Å². The van der Waals surface area contributed by atoms with Crippen molar-refractivity contribution in [3.05, 3.63) is 65.4 Å². The summed E-state index contributed by atoms with van der Waals surface area (Å²) in [5.74, 6) is 1.09. The van der Waals surface area contributed by atoms with Crippen LogP contribution in [0.15, 0.2) is 54.9 Å². The van der Waals surface area contributed by atoms with Crippen LogP contribution in [0.5, 0.6) is 5.75 Å². The van der Waals surface area contributed by atoms with Gasteiger partial charge in [-0.3, -0.25) is 9.89 Å². The SMILES string of the molecule is O=C(COc1ccc(Cl)cc1)NCc1cccc(-c2ncn[nH]2)c1. The first-order valence-electron chi connectivity index (χ1n) is 7.30. The van der Waals surface area contributed by atoms with Gasteiger partial charge in [-0.05, 0) is 35.9 Å². The summed E-state index contributed by atoms with van der Waals surface area (Å²) in [5.41, 5.74) is 1.88. The minimum absolute atomic E-state index is 0.0522. The van der Waals surface area contributed by atoms with Crippen molar-refractivity contribution in [1.29, 1.82) is 0 Å². The number of nitrogens with zero attached hydrogens (tertiary/aromatic N) is 2. The molecule has 1 aromatic heterocycles. The zero-order valence-electron chi connectivity index (χ0n) is 12.7. The number of benzene rings is 2. The van der Waals surface area contributed by atoms with Crippen molar-refractivity contribution in [2.75, 3.05) is 6.61 Å². The molecule has 2 aromatic carbocycles. The number of H-pyrrole nitrogens is 1. The molecule has 122 valence electrons. The molecule has 0 radical (unpaired) electrons. The van der Waals surface area contributed by atoms with Gasteiger partial charge in [0.25, 0.3) is 5.91 Å². The summed E-state index contributed by atoms with van der Waals surface area (Å²) >= 11 is 5.80. The topological polar surface area (TPSA) is 79.9 Å². The lowest BCUT2D eigenvalue weighted by atomic mass is 10.1. The molecule has 0 spiro atoms. The molecular formula is C17H15ClN4O2. The lowest BCUT2D eigenvalue weighted by Crippen LogP contribution is -2.28. The molecule has 0 unspecified atom stereocenters. The first-order chi connectivity index (χ1) is 11.7. The number of aromatic amines is 1. The van der Waals surface area contributed by atoms with Crippen molar-refractivity contribution in [2.24, 2.45) is 0 Å². The fourth-order valence-electron chi connectivity index (χ4n) is 2.10. The molecule has 2 N–H and O–H groups in total. The van der Waals surface area contributed by atoms with Gasteiger partial charge in [-0.15, -0.1) is 0 Å². The van der Waals surface area contributed by atoms with Crippen LogP contribution in [-0.2, 0) is 11.3 Å². The Bertz CT molecular complexity index is 804. The number of amides is 1. The van der Waals surface area contributed by atoms with Crippen molar-refractivity contribution in [3.63, 3.8) is 0 Å². The maximum atomic E-state index is 11.9. The Morgan fingerprint density at radius 2 is 2.04 bits per heavy atom. The van der Waals surface area contributed by atoms with Gasteiger partial charge in [0.2, 0.25) is 0 Å². The summed E-state index contributed by atoms with van der Waals surface area (Å²) in [4.78, 5) is 16.0. The summed E-state index contributed by atoms with van der Waals surface area (Å²) in [6.07, 6.45) is 1.46. The first kappa shape index (κ1) is 16.0. The smallest absolute Gasteiger partial charge is 0.258 e. The summed E-state index contributed by atoms with van der Waals surface area (Å²) in [6, 6.07) is 14.6. The number of aromatic nitrogens is 3. The highest BCUT2D eigenvalue weighted by atomic mass is 35.5. The van der Waals surface area contributed by atoms with E-state index in [0.717, 1.165) is 11.1 Å². The molecule has 0 fully saturated rings. The number of ether oxygens (including phenoxy) is 1. The van der Waals surface area contributed by atoms with Crippen LogP contribution >= 0.6 is 11.6 Å². The Balaban J connectivity index is 1.51. The van der Waals surface area contributed by atoms with Crippen molar-refractivity contribution in [2.45, 2.75) is 6.54 Å². The highest BCUT2D eigenvalue weighted by Crippen LogP contribution is 2.16. The van der Waals surface area contributed by atoms with E-state index in [0.29, 0.717) is 23.1 Å². The van der Waals surface area contributed by atoms with Crippen LogP contribution in [0, 0.1) is 0 Å². The molecule has 0 atom stereocenters. The minimum atomic E-state index is -0.199. The van der Waals surface area contributed by atoms with Gasteiger partial charge in [0.1, 0.15) is 12.1 Å². The predicted octanol–water partition coefficient (Wildman–Crippen LogP) is 2.82. The van der Waals surface area contributed by atoms with E-state index in [1.807, 2.05) is 24.3 Å². The predicted molar refractivity (Wildman–Crippen MR) is 90.6 cm³/mol. The highest BCUT2D eigenvalue weighted by molar-refractivity contribution is 6.30. The maximum absolute atomic E-state index is 11.9. The monoisotopic (exact) mass is 342 g/mol. The summed E-state index contributed by atoms with van der Waals surface area (Å²) in [6.45, 7) is 0.355. The fourth-order valence-corrected chi connectivity index (χ4v) is 2.23. The molecule has 0 bridgehead atoms. The number of hydrogen-bond acceptors (Lipinski definition) is 4. The molecule has 3 rings (SSSR count). The van der Waals surface area contributed by atoms with Crippen LogP contribution in [0.2, 0.25) is 5.02 Å². The third kappa shape index (κ3) is 4.33. The number of hydrogen-bond donors (Lipinski definition) is 2. The van der Waals surface area contributed by atoms with Gasteiger partial charge >= 0.3 is 0 Å². The van der Waals surface area contributed by atoms with Gasteiger partial charge in [-0.25, -0.2) is 4.98 Å². The van der Waals surface area contributed by atoms with Crippen LogP contribution in [0.4, 0.5) is 0 Å². The van der Waals surface area contributed by atoms with Crippen molar-refractivity contribution >= 4 is 17.5 Å². The molecule has 0 saturated heterocycles. The number of halogens is 1. The molecule has 0 aliphatic carbocycles. The van der Waals surface area contributed by atoms with Gasteiger partial charge < -0.3 is 10.1 Å². The maximum Gasteiger partial charge on any atom is 0.258 e. The van der Waals surface area contributed by atoms with E-state index in [1.165, 1.54) is 6.33 Å². The summed E-state index contributed by atoms with van der Waals surface area (Å²) in [5, 5.41) is 10.1. The van der Waals surface area contributed by atoms with Gasteiger partial charge in [-0.1, -0.05) is 29.8 Å². The minimum Gasteiger partial charge on any atom is -0.484 e. The van der Waals surface area contributed by atoms with E-state index >= 15 is 0 Å². The Labute approximate surface area is 143 Å². The molecular weight excluding hydrogens is 328 g/mol. The van der Waals surface area contributed by atoms with E-state index in [4.69, 9.17) is 16.3 Å². The average Bonchev–Trinajstić information content (AvgIpc) is 3.14. The van der Waals surface area contributed by atoms with Crippen LogP contribution in [0.3, 0.4) is 0 Å². The van der Waals surface area contributed by atoms with E-state index < -0.39 is 0 Å². The van der Waals surface area contributed by atoms with Crippen LogP contribution < -0.4 is 10.1 Å². The Morgan fingerprint density at radius 1 is 1.21 bits per heavy atom. The molecule has 0 aliphatic heterocycles. The standard InChI is InChI=1S/C17H15ClN4O2/c18-14-4-6-15(7-5-14)24-10-16(23)19-9-12-2-1-3-13(8-12)17-20-11-21-22-17/h1-8,11H,9-10H2,(H,19,23)(H,20,21,22). The average molecular weight is 343 g/mol. The molecule has 24 heavy (non-hydrogen) atoms. The Kier molecular flexibility index (Phi) is 5.08. The second-order valence-corrected chi connectivity index (χ2v) is 5.49. The third-order valence-electron chi connectivity index (χ3n) is 3.29. The lowest BCUT2D eigenvalue weighted by Gasteiger charge is -2.08. The Morgan fingerprint density at radius 3 is 2.79 bits per heavy atom. The van der Waals surface area contributed by atoms with E-state index in [9.17, 15) is 4.79 Å².